The van der Waals surface area contributed by atoms with E-state index in [1.54, 1.807) is 28.6 Å². The van der Waals surface area contributed by atoms with Gasteiger partial charge >= 0.3 is 0 Å². The Labute approximate surface area is 272 Å². The summed E-state index contributed by atoms with van der Waals surface area (Å²) in [5.41, 5.74) is 7.58. The third-order valence-electron chi connectivity index (χ3n) is 8.68. The lowest BCUT2D eigenvalue weighted by atomic mass is 9.88. The third kappa shape index (κ3) is 6.48. The van der Waals surface area contributed by atoms with Gasteiger partial charge in [0, 0.05) is 41.8 Å². The van der Waals surface area contributed by atoms with Gasteiger partial charge in [-0.1, -0.05) is 78.9 Å². The van der Waals surface area contributed by atoms with Gasteiger partial charge in [0.1, 0.15) is 11.6 Å². The molecule has 3 heterocycles. The minimum absolute atomic E-state index is 0.0849. The maximum absolute atomic E-state index is 14.1. The van der Waals surface area contributed by atoms with Crippen LogP contribution in [0.5, 0.6) is 0 Å². The highest BCUT2D eigenvalue weighted by Gasteiger charge is 2.27. The molecule has 0 aliphatic heterocycles. The van der Waals surface area contributed by atoms with Crippen LogP contribution in [-0.4, -0.2) is 33.4 Å². The largest absolute Gasteiger partial charge is 0.303 e. The van der Waals surface area contributed by atoms with Crippen molar-refractivity contribution in [1.82, 2.24) is 18.4 Å². The van der Waals surface area contributed by atoms with Gasteiger partial charge in [-0.3, -0.25) is 0 Å². The molecule has 0 saturated heterocycles. The predicted octanol–water partition coefficient (Wildman–Crippen LogP) is 8.31. The van der Waals surface area contributed by atoms with E-state index in [2.05, 4.69) is 85.4 Å². The van der Waals surface area contributed by atoms with E-state index in [4.69, 9.17) is 4.98 Å². The normalized spacial score (nSPS) is 12.5. The van der Waals surface area contributed by atoms with E-state index in [0.717, 1.165) is 51.1 Å². The number of rotatable bonds is 11. The zero-order valence-electron chi connectivity index (χ0n) is 26.8. The summed E-state index contributed by atoms with van der Waals surface area (Å²) in [6, 6.07) is 41.7. The molecular formula is C39H40N4O2S. The lowest BCUT2D eigenvalue weighted by Crippen LogP contribution is -2.32. The van der Waals surface area contributed by atoms with Crippen LogP contribution in [0.15, 0.2) is 132 Å². The maximum atomic E-state index is 14.1. The molecule has 0 aliphatic carbocycles. The molecule has 0 saturated carbocycles. The fourth-order valence-corrected chi connectivity index (χ4v) is 7.77. The monoisotopic (exact) mass is 628 g/mol. The van der Waals surface area contributed by atoms with Crippen LogP contribution < -0.4 is 0 Å². The summed E-state index contributed by atoms with van der Waals surface area (Å²) >= 11 is 0. The number of hydrogen-bond donors (Lipinski definition) is 0. The van der Waals surface area contributed by atoms with Crippen molar-refractivity contribution in [2.24, 2.45) is 0 Å². The number of aryl methyl sites for hydroxylation is 4. The molecule has 0 bridgehead atoms. The summed E-state index contributed by atoms with van der Waals surface area (Å²) in [4.78, 5) is 5.49. The van der Waals surface area contributed by atoms with Crippen molar-refractivity contribution >= 4 is 10.0 Å². The summed E-state index contributed by atoms with van der Waals surface area (Å²) in [6.07, 6.45) is 0.582. The number of pyridine rings is 1. The van der Waals surface area contributed by atoms with Gasteiger partial charge in [0.15, 0.2) is 0 Å². The first-order valence-electron chi connectivity index (χ1n) is 15.7. The Bertz CT molecular complexity index is 1930. The van der Waals surface area contributed by atoms with Crippen molar-refractivity contribution in [2.75, 3.05) is 6.54 Å². The van der Waals surface area contributed by atoms with E-state index in [1.807, 2.05) is 54.6 Å². The molecule has 0 spiro atoms. The van der Waals surface area contributed by atoms with Crippen molar-refractivity contribution in [3.63, 3.8) is 0 Å². The second-order valence-electron chi connectivity index (χ2n) is 11.9. The number of nitrogens with zero attached hydrogens (tertiary/aromatic N) is 4. The highest BCUT2D eigenvalue weighted by molar-refractivity contribution is 7.89. The Morgan fingerprint density at radius 1 is 0.609 bits per heavy atom. The standard InChI is InChI=1S/C39H40N4O2S/c1-29-20-21-30(2)42(29)38-26-35(27-39(40-38)43-31(3)22-23-32(43)4)37(34-16-10-6-11-17-34)24-25-41(28-33-14-8-5-9-15-33)46(44,45)36-18-12-7-13-19-36/h5-23,26-27,37H,24-25,28H2,1-4H3. The molecule has 3 aromatic carbocycles. The number of benzene rings is 3. The second-order valence-corrected chi connectivity index (χ2v) is 13.8. The average molecular weight is 629 g/mol. The van der Waals surface area contributed by atoms with Gasteiger partial charge in [0.25, 0.3) is 0 Å². The first kappa shape index (κ1) is 31.3. The third-order valence-corrected chi connectivity index (χ3v) is 10.5. The van der Waals surface area contributed by atoms with Gasteiger partial charge in [0.05, 0.1) is 4.90 Å². The number of sulfonamides is 1. The quantitative estimate of drug-likeness (QED) is 0.145. The van der Waals surface area contributed by atoms with Crippen molar-refractivity contribution in [3.8, 4) is 11.6 Å². The Morgan fingerprint density at radius 2 is 1.07 bits per heavy atom. The maximum Gasteiger partial charge on any atom is 0.243 e. The van der Waals surface area contributed by atoms with Gasteiger partial charge in [0.2, 0.25) is 10.0 Å². The van der Waals surface area contributed by atoms with Crippen LogP contribution in [0.3, 0.4) is 0 Å². The van der Waals surface area contributed by atoms with Crippen LogP contribution in [0.2, 0.25) is 0 Å². The van der Waals surface area contributed by atoms with Gasteiger partial charge < -0.3 is 9.13 Å². The molecule has 3 aromatic heterocycles. The molecule has 1 unspecified atom stereocenters. The lowest BCUT2D eigenvalue weighted by Gasteiger charge is -2.26. The zero-order chi connectivity index (χ0) is 32.3. The van der Waals surface area contributed by atoms with Crippen LogP contribution in [0.25, 0.3) is 11.6 Å². The van der Waals surface area contributed by atoms with Crippen LogP contribution >= 0.6 is 0 Å². The second kappa shape index (κ2) is 13.3. The molecule has 0 radical (unpaired) electrons. The lowest BCUT2D eigenvalue weighted by molar-refractivity contribution is 0.392. The Kier molecular flexibility index (Phi) is 9.06. The molecule has 1 atom stereocenters. The van der Waals surface area contributed by atoms with Crippen molar-refractivity contribution < 1.29 is 8.42 Å². The summed E-state index contributed by atoms with van der Waals surface area (Å²) in [7, 11) is -3.76. The van der Waals surface area contributed by atoms with E-state index in [-0.39, 0.29) is 12.5 Å². The van der Waals surface area contributed by atoms with Crippen LogP contribution in [-0.2, 0) is 16.6 Å². The highest BCUT2D eigenvalue weighted by Crippen LogP contribution is 2.33. The topological polar surface area (TPSA) is 60.1 Å². The smallest absolute Gasteiger partial charge is 0.243 e. The fraction of sp³-hybridized carbons (Fsp3) is 0.205. The summed E-state index contributed by atoms with van der Waals surface area (Å²) < 4.78 is 34.2. The van der Waals surface area contributed by atoms with Gasteiger partial charge in [-0.15, -0.1) is 0 Å². The molecule has 0 amide bonds. The minimum atomic E-state index is -3.76. The number of hydrogen-bond acceptors (Lipinski definition) is 3. The first-order chi connectivity index (χ1) is 22.2. The van der Waals surface area contributed by atoms with Crippen molar-refractivity contribution in [1.29, 1.82) is 0 Å². The Hall–Kier alpha value is -4.72. The summed E-state index contributed by atoms with van der Waals surface area (Å²) in [6.45, 7) is 9.00. The number of aromatic nitrogens is 3. The molecule has 7 heteroatoms. The molecule has 6 aromatic rings. The SMILES string of the molecule is Cc1ccc(C)n1-c1cc(C(CCN(Cc2ccccc2)S(=O)(=O)c2ccccc2)c2ccccc2)cc(-n2c(C)ccc2C)n1. The molecule has 6 nitrogen and oxygen atoms in total. The van der Waals surface area contributed by atoms with Gasteiger partial charge in [-0.2, -0.15) is 4.31 Å². The van der Waals surface area contributed by atoms with E-state index in [0.29, 0.717) is 17.9 Å². The van der Waals surface area contributed by atoms with E-state index in [9.17, 15) is 8.42 Å². The molecule has 0 aliphatic rings. The Morgan fingerprint density at radius 3 is 1.57 bits per heavy atom. The zero-order valence-corrected chi connectivity index (χ0v) is 27.7. The summed E-state index contributed by atoms with van der Waals surface area (Å²) in [5.74, 6) is 1.61. The van der Waals surface area contributed by atoms with Crippen molar-refractivity contribution in [3.05, 3.63) is 167 Å². The predicted molar refractivity (Wildman–Crippen MR) is 185 cm³/mol. The van der Waals surface area contributed by atoms with E-state index in [1.165, 1.54) is 0 Å². The first-order valence-corrected chi connectivity index (χ1v) is 17.1. The van der Waals surface area contributed by atoms with Crippen LogP contribution in [0.1, 0.15) is 51.8 Å². The fourth-order valence-electron chi connectivity index (χ4n) is 6.31. The molecule has 0 fully saturated rings. The van der Waals surface area contributed by atoms with Crippen LogP contribution in [0.4, 0.5) is 0 Å². The van der Waals surface area contributed by atoms with E-state index < -0.39 is 10.0 Å². The highest BCUT2D eigenvalue weighted by atomic mass is 32.2. The molecule has 6 rings (SSSR count). The molecule has 46 heavy (non-hydrogen) atoms. The Balaban J connectivity index is 1.46. The molecular weight excluding hydrogens is 589 g/mol. The van der Waals surface area contributed by atoms with Crippen LogP contribution in [0, 0.1) is 27.7 Å². The molecule has 234 valence electrons. The summed E-state index contributed by atoms with van der Waals surface area (Å²) in [5, 5.41) is 0. The van der Waals surface area contributed by atoms with Crippen molar-refractivity contribution in [2.45, 2.75) is 51.5 Å². The molecule has 0 N–H and O–H groups in total. The van der Waals surface area contributed by atoms with E-state index >= 15 is 0 Å². The van der Waals surface area contributed by atoms with Gasteiger partial charge in [-0.25, -0.2) is 13.4 Å². The minimum Gasteiger partial charge on any atom is -0.303 e. The average Bonchev–Trinajstić information content (AvgIpc) is 3.60. The van der Waals surface area contributed by atoms with Gasteiger partial charge in [-0.05, 0) is 99.3 Å².